The number of sulfonamides is 1. The van der Waals surface area contributed by atoms with Crippen LogP contribution in [0.15, 0.2) is 17.0 Å². The lowest BCUT2D eigenvalue weighted by molar-refractivity contribution is -0.385. The number of nitrogens with one attached hydrogen (secondary N) is 1. The molecule has 0 saturated carbocycles. The van der Waals surface area contributed by atoms with Crippen LogP contribution in [-0.2, 0) is 14.8 Å². The molecule has 21 heavy (non-hydrogen) atoms. The van der Waals surface area contributed by atoms with Crippen LogP contribution < -0.4 is 16.2 Å². The smallest absolute Gasteiger partial charge is 0.404 e. The van der Waals surface area contributed by atoms with E-state index in [1.165, 1.54) is 0 Å². The molecular weight excluding hydrogens is 311 g/mol. The van der Waals surface area contributed by atoms with Gasteiger partial charge in [0, 0.05) is 12.6 Å². The second kappa shape index (κ2) is 6.32. The number of nitro benzene ring substituents is 1. The number of nitrogens with zero attached hydrogens (tertiary/aromatic N) is 1. The number of nitrogens with two attached hydrogens (primary N) is 2. The molecule has 10 nitrogen and oxygen atoms in total. The molecule has 116 valence electrons. The van der Waals surface area contributed by atoms with Crippen LogP contribution in [0.1, 0.15) is 0 Å². The molecule has 0 aliphatic heterocycles. The number of benzene rings is 1. The summed E-state index contributed by atoms with van der Waals surface area (Å²) in [6.07, 6.45) is -1.10. The standard InChI is InChI=1S/C9H11FN4O6S/c10-6-3-5(14(16)17)4-7(11)8(6)21(18,19)13-1-2-20-9(12)15/h3-4,13H,1-2,11H2,(H2,12,15). The first kappa shape index (κ1) is 16.6. The lowest BCUT2D eigenvalue weighted by Crippen LogP contribution is -2.30. The Labute approximate surface area is 118 Å². The summed E-state index contributed by atoms with van der Waals surface area (Å²) in [5, 5.41) is 10.5. The van der Waals surface area contributed by atoms with Gasteiger partial charge in [-0.3, -0.25) is 10.1 Å². The van der Waals surface area contributed by atoms with Crippen molar-refractivity contribution in [3.8, 4) is 0 Å². The quantitative estimate of drug-likeness (QED) is 0.279. The molecule has 0 bridgehead atoms. The molecule has 1 aromatic rings. The SMILES string of the molecule is NC(=O)OCCNS(=O)(=O)c1c(N)cc([N+](=O)[O-])cc1F. The number of nitrogen functional groups attached to an aromatic ring is 1. The van der Waals surface area contributed by atoms with E-state index in [0.717, 1.165) is 6.07 Å². The fourth-order valence-corrected chi connectivity index (χ4v) is 2.57. The van der Waals surface area contributed by atoms with Gasteiger partial charge in [-0.2, -0.15) is 0 Å². The number of primary amides is 1. The highest BCUT2D eigenvalue weighted by molar-refractivity contribution is 7.89. The van der Waals surface area contributed by atoms with Crippen LogP contribution in [0.2, 0.25) is 0 Å². The molecule has 0 aromatic heterocycles. The Morgan fingerprint density at radius 1 is 1.48 bits per heavy atom. The van der Waals surface area contributed by atoms with Crippen LogP contribution in [0.3, 0.4) is 0 Å². The Morgan fingerprint density at radius 3 is 2.57 bits per heavy atom. The highest BCUT2D eigenvalue weighted by atomic mass is 32.2. The molecule has 0 heterocycles. The zero-order valence-electron chi connectivity index (χ0n) is 10.4. The van der Waals surface area contributed by atoms with Crippen molar-refractivity contribution in [1.29, 1.82) is 0 Å². The molecule has 0 fully saturated rings. The Kier molecular flexibility index (Phi) is 4.99. The van der Waals surface area contributed by atoms with Gasteiger partial charge in [-0.25, -0.2) is 22.3 Å². The Balaban J connectivity index is 2.98. The molecule has 0 radical (unpaired) electrons. The summed E-state index contributed by atoms with van der Waals surface area (Å²) in [6.45, 7) is -0.746. The summed E-state index contributed by atoms with van der Waals surface area (Å²) in [5.74, 6) is -1.37. The minimum atomic E-state index is -4.37. The van der Waals surface area contributed by atoms with E-state index in [1.807, 2.05) is 4.72 Å². The monoisotopic (exact) mass is 322 g/mol. The van der Waals surface area contributed by atoms with E-state index in [0.29, 0.717) is 6.07 Å². The highest BCUT2D eigenvalue weighted by Crippen LogP contribution is 2.27. The number of non-ortho nitro benzene ring substituents is 1. The van der Waals surface area contributed by atoms with Gasteiger partial charge in [-0.1, -0.05) is 0 Å². The van der Waals surface area contributed by atoms with Gasteiger partial charge >= 0.3 is 6.09 Å². The van der Waals surface area contributed by atoms with Crippen LogP contribution in [-0.4, -0.2) is 32.6 Å². The average Bonchev–Trinajstić information content (AvgIpc) is 2.33. The number of nitro groups is 1. The Hall–Kier alpha value is -2.47. The van der Waals surface area contributed by atoms with Crippen LogP contribution in [0.25, 0.3) is 0 Å². The number of hydrogen-bond donors (Lipinski definition) is 3. The van der Waals surface area contributed by atoms with Crippen molar-refractivity contribution in [1.82, 2.24) is 4.72 Å². The van der Waals surface area contributed by atoms with Crippen LogP contribution in [0.5, 0.6) is 0 Å². The fraction of sp³-hybridized carbons (Fsp3) is 0.222. The van der Waals surface area contributed by atoms with E-state index in [9.17, 15) is 27.7 Å². The van der Waals surface area contributed by atoms with Crippen molar-refractivity contribution in [2.24, 2.45) is 5.73 Å². The fourth-order valence-electron chi connectivity index (χ4n) is 1.39. The molecule has 0 unspecified atom stereocenters. The third kappa shape index (κ3) is 4.25. The van der Waals surface area contributed by atoms with Crippen LogP contribution in [0.4, 0.5) is 20.6 Å². The number of carbonyl (C=O) groups is 1. The second-order valence-electron chi connectivity index (χ2n) is 3.67. The lowest BCUT2D eigenvalue weighted by atomic mass is 10.3. The molecule has 0 saturated heterocycles. The van der Waals surface area contributed by atoms with Gasteiger partial charge in [0.1, 0.15) is 11.5 Å². The minimum absolute atomic E-state index is 0.372. The average molecular weight is 322 g/mol. The summed E-state index contributed by atoms with van der Waals surface area (Å²) in [5.41, 5.74) is 8.69. The predicted octanol–water partition coefficient (Wildman–Crippen LogP) is -0.310. The van der Waals surface area contributed by atoms with Crippen LogP contribution >= 0.6 is 0 Å². The molecule has 1 aromatic carbocycles. The maximum Gasteiger partial charge on any atom is 0.404 e. The number of ether oxygens (including phenoxy) is 1. The zero-order chi connectivity index (χ0) is 16.2. The first-order valence-electron chi connectivity index (χ1n) is 5.30. The third-order valence-corrected chi connectivity index (χ3v) is 3.73. The molecule has 1 rings (SSSR count). The van der Waals surface area contributed by atoms with Gasteiger partial charge in [0.15, 0.2) is 5.82 Å². The third-order valence-electron chi connectivity index (χ3n) is 2.18. The molecule has 0 atom stereocenters. The maximum absolute atomic E-state index is 13.7. The van der Waals surface area contributed by atoms with E-state index < -0.39 is 43.1 Å². The van der Waals surface area contributed by atoms with Crippen LogP contribution in [0, 0.1) is 15.9 Å². The zero-order valence-corrected chi connectivity index (χ0v) is 11.2. The van der Waals surface area contributed by atoms with Crippen molar-refractivity contribution in [3.63, 3.8) is 0 Å². The number of rotatable bonds is 6. The van der Waals surface area contributed by atoms with Crippen molar-refractivity contribution in [2.75, 3.05) is 18.9 Å². The number of hydrogen-bond acceptors (Lipinski definition) is 7. The summed E-state index contributed by atoms with van der Waals surface area (Å²) in [7, 11) is -4.37. The van der Waals surface area contributed by atoms with Gasteiger partial charge in [-0.05, 0) is 0 Å². The summed E-state index contributed by atoms with van der Waals surface area (Å²) < 4.78 is 43.5. The van der Waals surface area contributed by atoms with Gasteiger partial charge in [0.2, 0.25) is 10.0 Å². The molecule has 0 spiro atoms. The molecule has 5 N–H and O–H groups in total. The van der Waals surface area contributed by atoms with E-state index in [4.69, 9.17) is 5.73 Å². The van der Waals surface area contributed by atoms with Crippen molar-refractivity contribution in [3.05, 3.63) is 28.1 Å². The maximum atomic E-state index is 13.7. The normalized spacial score (nSPS) is 11.1. The molecular formula is C9H11FN4O6S. The highest BCUT2D eigenvalue weighted by Gasteiger charge is 2.25. The number of anilines is 1. The Morgan fingerprint density at radius 2 is 2.10 bits per heavy atom. The number of amides is 1. The van der Waals surface area contributed by atoms with Gasteiger partial charge in [-0.15, -0.1) is 0 Å². The second-order valence-corrected chi connectivity index (χ2v) is 5.37. The van der Waals surface area contributed by atoms with E-state index in [2.05, 4.69) is 10.5 Å². The van der Waals surface area contributed by atoms with E-state index in [-0.39, 0.29) is 13.2 Å². The summed E-state index contributed by atoms with van der Waals surface area (Å²) in [6, 6.07) is 1.16. The number of carbonyl (C=O) groups excluding carboxylic acids is 1. The van der Waals surface area contributed by atoms with Crippen molar-refractivity contribution >= 4 is 27.5 Å². The number of halogens is 1. The Bertz CT molecular complexity index is 654. The molecule has 1 amide bonds. The first-order chi connectivity index (χ1) is 9.65. The first-order valence-corrected chi connectivity index (χ1v) is 6.79. The van der Waals surface area contributed by atoms with Crippen molar-refractivity contribution in [2.45, 2.75) is 4.90 Å². The van der Waals surface area contributed by atoms with E-state index >= 15 is 0 Å². The molecule has 0 aliphatic carbocycles. The van der Waals surface area contributed by atoms with Crippen molar-refractivity contribution < 1.29 is 27.3 Å². The predicted molar refractivity (Wildman–Crippen MR) is 68.2 cm³/mol. The minimum Gasteiger partial charge on any atom is -0.448 e. The molecule has 12 heteroatoms. The van der Waals surface area contributed by atoms with Gasteiger partial charge < -0.3 is 16.2 Å². The largest absolute Gasteiger partial charge is 0.448 e. The summed E-state index contributed by atoms with van der Waals surface area (Å²) in [4.78, 5) is 18.9. The lowest BCUT2D eigenvalue weighted by Gasteiger charge is -2.10. The van der Waals surface area contributed by atoms with E-state index in [1.54, 1.807) is 0 Å². The summed E-state index contributed by atoms with van der Waals surface area (Å²) >= 11 is 0. The van der Waals surface area contributed by atoms with Gasteiger partial charge in [0.05, 0.1) is 16.7 Å². The molecule has 0 aliphatic rings. The van der Waals surface area contributed by atoms with Gasteiger partial charge in [0.25, 0.3) is 5.69 Å². The topological polar surface area (TPSA) is 168 Å².